The average Bonchev–Trinajstić information content (AvgIpc) is 3.72. The summed E-state index contributed by atoms with van der Waals surface area (Å²) in [7, 11) is -2.89. The Hall–Kier alpha value is -4.58. The number of nitrogen functional groups attached to an aromatic ring is 1. The van der Waals surface area contributed by atoms with E-state index >= 15 is 0 Å². The van der Waals surface area contributed by atoms with Crippen molar-refractivity contribution in [1.82, 2.24) is 24.4 Å². The molecule has 0 saturated carbocycles. The predicted molar refractivity (Wildman–Crippen MR) is 173 cm³/mol. The summed E-state index contributed by atoms with van der Waals surface area (Å²) >= 11 is 0. The summed E-state index contributed by atoms with van der Waals surface area (Å²) in [4.78, 5) is 28.3. The van der Waals surface area contributed by atoms with Crippen LogP contribution in [0, 0.1) is 0 Å². The quantitative estimate of drug-likeness (QED) is 0.256. The maximum atomic E-state index is 13.5. The number of aromatic nitrogens is 4. The van der Waals surface area contributed by atoms with Crippen molar-refractivity contribution in [3.05, 3.63) is 109 Å². The number of carbonyl (C=O) groups is 1. The molecule has 2 N–H and O–H groups in total. The Balaban J connectivity index is 1.30. The molecule has 4 atom stereocenters. The zero-order valence-electron chi connectivity index (χ0n) is 25.5. The van der Waals surface area contributed by atoms with Crippen LogP contribution in [0.15, 0.2) is 104 Å². The molecule has 10 nitrogen and oxygen atoms in total. The van der Waals surface area contributed by atoms with Crippen molar-refractivity contribution in [2.45, 2.75) is 56.8 Å². The lowest BCUT2D eigenvalue weighted by atomic mass is 10.1. The van der Waals surface area contributed by atoms with E-state index in [2.05, 4.69) is 84.3 Å². The minimum atomic E-state index is -2.89. The van der Waals surface area contributed by atoms with E-state index in [1.54, 1.807) is 15.8 Å². The van der Waals surface area contributed by atoms with E-state index in [0.717, 1.165) is 5.56 Å². The largest absolute Gasteiger partial charge is 0.439 e. The van der Waals surface area contributed by atoms with E-state index in [4.69, 9.17) is 19.6 Å². The number of amides is 1. The van der Waals surface area contributed by atoms with Gasteiger partial charge in [-0.3, -0.25) is 9.47 Å². The van der Waals surface area contributed by atoms with Gasteiger partial charge in [0.1, 0.15) is 24.0 Å². The lowest BCUT2D eigenvalue weighted by molar-refractivity contribution is -0.0588. The maximum Gasteiger partial charge on any atom is 0.411 e. The van der Waals surface area contributed by atoms with Crippen molar-refractivity contribution < 1.29 is 18.7 Å². The second-order valence-corrected chi connectivity index (χ2v) is 16.9. The highest BCUT2D eigenvalue weighted by molar-refractivity contribution is 6.99. The number of fused-ring (bicyclic) bond motifs is 2. The third kappa shape index (κ3) is 4.97. The van der Waals surface area contributed by atoms with E-state index in [-0.39, 0.29) is 17.5 Å². The number of imidazole rings is 1. The first kappa shape index (κ1) is 29.1. The summed E-state index contributed by atoms with van der Waals surface area (Å²) in [5.74, 6) is 0.272. The highest BCUT2D eigenvalue weighted by atomic mass is 28.4. The van der Waals surface area contributed by atoms with Crippen molar-refractivity contribution in [2.75, 3.05) is 12.3 Å². The van der Waals surface area contributed by atoms with E-state index in [1.165, 1.54) is 16.7 Å². The normalized spacial score (nSPS) is 21.7. The molecule has 45 heavy (non-hydrogen) atoms. The molecule has 1 amide bonds. The van der Waals surface area contributed by atoms with Gasteiger partial charge in [0.15, 0.2) is 23.8 Å². The van der Waals surface area contributed by atoms with E-state index in [0.29, 0.717) is 17.7 Å². The summed E-state index contributed by atoms with van der Waals surface area (Å²) in [6, 6.07) is 30.5. The summed E-state index contributed by atoms with van der Waals surface area (Å²) in [5, 5.41) is 2.11. The van der Waals surface area contributed by atoms with Gasteiger partial charge in [0.25, 0.3) is 8.32 Å². The van der Waals surface area contributed by atoms with Crippen LogP contribution in [0.2, 0.25) is 5.04 Å². The third-order valence-electron chi connectivity index (χ3n) is 8.88. The third-order valence-corrected chi connectivity index (χ3v) is 13.9. The van der Waals surface area contributed by atoms with Gasteiger partial charge in [-0.15, -0.1) is 0 Å². The number of rotatable bonds is 8. The molecule has 0 radical (unpaired) electrons. The molecule has 0 spiro atoms. The van der Waals surface area contributed by atoms with Gasteiger partial charge in [-0.1, -0.05) is 112 Å². The minimum absolute atomic E-state index is 0.228. The minimum Gasteiger partial charge on any atom is -0.439 e. The molecule has 3 aromatic carbocycles. The van der Waals surface area contributed by atoms with Crippen LogP contribution in [-0.4, -0.2) is 63.7 Å². The molecule has 2 aromatic heterocycles. The summed E-state index contributed by atoms with van der Waals surface area (Å²) in [5.41, 5.74) is 8.08. The Morgan fingerprint density at radius 3 is 2.13 bits per heavy atom. The number of hydrogen-bond donors (Lipinski definition) is 1. The Labute approximate surface area is 262 Å². The number of ether oxygens (including phenoxy) is 2. The van der Waals surface area contributed by atoms with Gasteiger partial charge in [-0.05, 0) is 21.0 Å². The molecule has 2 aliphatic rings. The van der Waals surface area contributed by atoms with Gasteiger partial charge in [-0.2, -0.15) is 0 Å². The van der Waals surface area contributed by atoms with E-state index in [1.807, 2.05) is 42.5 Å². The highest BCUT2D eigenvalue weighted by Crippen LogP contribution is 2.43. The predicted octanol–water partition coefficient (Wildman–Crippen LogP) is 4.27. The zero-order valence-corrected chi connectivity index (χ0v) is 26.5. The Morgan fingerprint density at radius 1 is 0.889 bits per heavy atom. The first-order chi connectivity index (χ1) is 21.8. The van der Waals surface area contributed by atoms with Gasteiger partial charge in [0.05, 0.1) is 12.9 Å². The molecule has 11 heteroatoms. The van der Waals surface area contributed by atoms with Crippen LogP contribution in [0.5, 0.6) is 0 Å². The molecule has 4 heterocycles. The summed E-state index contributed by atoms with van der Waals surface area (Å²) in [6.07, 6.45) is 0.809. The van der Waals surface area contributed by atoms with Crippen LogP contribution in [-0.2, 0) is 20.4 Å². The number of anilines is 1. The molecule has 230 valence electrons. The zero-order chi connectivity index (χ0) is 31.2. The molecular weight excluding hydrogens is 584 g/mol. The smallest absolute Gasteiger partial charge is 0.411 e. The molecule has 0 aliphatic carbocycles. The topological polar surface area (TPSA) is 118 Å². The lowest BCUT2D eigenvalue weighted by Gasteiger charge is -2.43. The van der Waals surface area contributed by atoms with Gasteiger partial charge in [0.2, 0.25) is 0 Å². The van der Waals surface area contributed by atoms with E-state index in [9.17, 15) is 4.79 Å². The first-order valence-corrected chi connectivity index (χ1v) is 17.0. The molecule has 2 saturated heterocycles. The van der Waals surface area contributed by atoms with Gasteiger partial charge in [0, 0.05) is 6.54 Å². The van der Waals surface area contributed by atoms with Crippen molar-refractivity contribution in [2.24, 2.45) is 0 Å². The monoisotopic (exact) mass is 620 g/mol. The van der Waals surface area contributed by atoms with Crippen molar-refractivity contribution in [1.29, 1.82) is 0 Å². The Kier molecular flexibility index (Phi) is 7.39. The van der Waals surface area contributed by atoms with Gasteiger partial charge in [-0.25, -0.2) is 19.7 Å². The fourth-order valence-electron chi connectivity index (χ4n) is 6.87. The van der Waals surface area contributed by atoms with Crippen LogP contribution in [0.3, 0.4) is 0 Å². The van der Waals surface area contributed by atoms with Crippen molar-refractivity contribution >= 4 is 41.8 Å². The number of benzene rings is 3. The van der Waals surface area contributed by atoms with Crippen LogP contribution >= 0.6 is 0 Å². The first-order valence-electron chi connectivity index (χ1n) is 15.1. The Bertz CT molecular complexity index is 1760. The second kappa shape index (κ2) is 11.4. The fourth-order valence-corrected chi connectivity index (χ4v) is 11.4. The van der Waals surface area contributed by atoms with Gasteiger partial charge < -0.3 is 19.6 Å². The van der Waals surface area contributed by atoms with Crippen molar-refractivity contribution in [3.63, 3.8) is 0 Å². The summed E-state index contributed by atoms with van der Waals surface area (Å²) < 4.78 is 22.0. The second-order valence-electron chi connectivity index (χ2n) is 12.6. The molecule has 0 unspecified atom stereocenters. The van der Waals surface area contributed by atoms with Crippen LogP contribution in [0.25, 0.3) is 11.2 Å². The van der Waals surface area contributed by atoms with Crippen molar-refractivity contribution in [3.8, 4) is 0 Å². The fraction of sp³-hybridized carbons (Fsp3) is 0.294. The molecule has 5 aromatic rings. The molecule has 2 fully saturated rings. The standard InChI is InChI=1S/C34H36N6O4Si/c1-34(2,3)45(24-15-9-5-10-16-24,25-17-11-6-12-18-25)42-20-26-28-29(44-33(41)39(28)19-23-13-7-4-8-14-23)32(43-26)40-22-38-27-30(35)36-21-37-31(27)40/h4-18,21-22,26,28-29,32H,19-20H2,1-3H3,(H2,35,36,37)/t26-,28-,29-,32-/m1/s1. The van der Waals surface area contributed by atoms with E-state index < -0.39 is 38.9 Å². The van der Waals surface area contributed by atoms with Crippen LogP contribution in [0.1, 0.15) is 32.6 Å². The lowest BCUT2D eigenvalue weighted by Crippen LogP contribution is -2.67. The maximum absolute atomic E-state index is 13.5. The summed E-state index contributed by atoms with van der Waals surface area (Å²) in [6.45, 7) is 7.35. The number of nitrogens with two attached hydrogens (primary N) is 1. The number of hydrogen-bond acceptors (Lipinski definition) is 8. The molecule has 7 rings (SSSR count). The highest BCUT2D eigenvalue weighted by Gasteiger charge is 2.59. The SMILES string of the molecule is CC(C)(C)[Si](OC[C@H]1O[C@@H](n2cnc3c(N)ncnc32)[C@@H]2OC(=O)N(Cc3ccccc3)[C@@H]21)(c1ccccc1)c1ccccc1. The number of nitrogens with zero attached hydrogens (tertiary/aromatic N) is 5. The molecule has 0 bridgehead atoms. The molecule has 2 aliphatic heterocycles. The average molecular weight is 621 g/mol. The Morgan fingerprint density at radius 2 is 1.51 bits per heavy atom. The number of carbonyl (C=O) groups excluding carboxylic acids is 1. The van der Waals surface area contributed by atoms with Crippen LogP contribution in [0.4, 0.5) is 10.6 Å². The molecular formula is C34H36N6O4Si. The van der Waals surface area contributed by atoms with Crippen LogP contribution < -0.4 is 16.1 Å². The van der Waals surface area contributed by atoms with Gasteiger partial charge >= 0.3 is 6.09 Å².